The van der Waals surface area contributed by atoms with Crippen molar-refractivity contribution in [2.75, 3.05) is 7.11 Å². The van der Waals surface area contributed by atoms with E-state index in [9.17, 15) is 9.90 Å². The molecule has 7 nitrogen and oxygen atoms in total. The minimum absolute atomic E-state index is 0.126. The fourth-order valence-corrected chi connectivity index (χ4v) is 3.61. The summed E-state index contributed by atoms with van der Waals surface area (Å²) >= 11 is 0. The number of para-hydroxylation sites is 1. The smallest absolute Gasteiger partial charge is 0.263 e. The number of phenols is 1. The van der Waals surface area contributed by atoms with E-state index in [4.69, 9.17) is 4.74 Å². The molecule has 0 aliphatic carbocycles. The van der Waals surface area contributed by atoms with E-state index in [2.05, 4.69) is 10.2 Å². The highest BCUT2D eigenvalue weighted by molar-refractivity contribution is 5.82. The van der Waals surface area contributed by atoms with E-state index in [0.29, 0.717) is 23.5 Å². The van der Waals surface area contributed by atoms with Gasteiger partial charge < -0.3 is 9.84 Å². The van der Waals surface area contributed by atoms with Gasteiger partial charge in [-0.1, -0.05) is 24.3 Å². The summed E-state index contributed by atoms with van der Waals surface area (Å²) in [4.78, 5) is 13.3. The van der Waals surface area contributed by atoms with Crippen LogP contribution in [0.15, 0.2) is 77.6 Å². The van der Waals surface area contributed by atoms with E-state index in [1.807, 2.05) is 52.9 Å². The van der Waals surface area contributed by atoms with Crippen molar-refractivity contribution in [1.82, 2.24) is 19.2 Å². The molecule has 1 N–H and O–H groups in total. The number of ether oxygens (including phenoxy) is 1. The van der Waals surface area contributed by atoms with Crippen LogP contribution in [0.25, 0.3) is 28.1 Å². The van der Waals surface area contributed by atoms with E-state index in [-0.39, 0.29) is 11.3 Å². The minimum atomic E-state index is -0.126. The molecule has 2 heterocycles. The van der Waals surface area contributed by atoms with Gasteiger partial charge in [0.2, 0.25) is 5.78 Å². The van der Waals surface area contributed by atoms with Crippen molar-refractivity contribution >= 4 is 16.7 Å². The molecule has 3 aromatic carbocycles. The maximum Gasteiger partial charge on any atom is 0.263 e. The van der Waals surface area contributed by atoms with Gasteiger partial charge in [0.15, 0.2) is 5.82 Å². The Morgan fingerprint density at radius 1 is 0.933 bits per heavy atom. The third-order valence-corrected chi connectivity index (χ3v) is 5.13. The van der Waals surface area contributed by atoms with Crippen LogP contribution in [0.4, 0.5) is 0 Å². The summed E-state index contributed by atoms with van der Waals surface area (Å²) in [6, 6.07) is 21.8. The van der Waals surface area contributed by atoms with E-state index in [1.54, 1.807) is 35.9 Å². The fraction of sp³-hybridized carbons (Fsp3) is 0.0870. The molecule has 0 aliphatic rings. The molecule has 148 valence electrons. The average Bonchev–Trinajstić information content (AvgIpc) is 3.23. The van der Waals surface area contributed by atoms with Crippen LogP contribution in [0.5, 0.6) is 11.5 Å². The first kappa shape index (κ1) is 17.9. The molecule has 0 aliphatic heterocycles. The van der Waals surface area contributed by atoms with E-state index >= 15 is 0 Å². The highest BCUT2D eigenvalue weighted by Gasteiger charge is 2.17. The van der Waals surface area contributed by atoms with Crippen LogP contribution in [0, 0.1) is 0 Å². The molecule has 30 heavy (non-hydrogen) atoms. The van der Waals surface area contributed by atoms with Crippen molar-refractivity contribution in [2.24, 2.45) is 0 Å². The van der Waals surface area contributed by atoms with Crippen molar-refractivity contribution in [3.8, 4) is 22.9 Å². The lowest BCUT2D eigenvalue weighted by molar-refractivity contribution is 0.414. The lowest BCUT2D eigenvalue weighted by Crippen LogP contribution is -2.24. The Hall–Kier alpha value is -4.13. The number of rotatable bonds is 4. The van der Waals surface area contributed by atoms with Crippen LogP contribution in [0.3, 0.4) is 0 Å². The van der Waals surface area contributed by atoms with Crippen LogP contribution in [0.2, 0.25) is 0 Å². The van der Waals surface area contributed by atoms with Crippen molar-refractivity contribution in [3.05, 3.63) is 88.7 Å². The molecule has 2 aromatic heterocycles. The maximum atomic E-state index is 13.3. The lowest BCUT2D eigenvalue weighted by atomic mass is 10.2. The maximum absolute atomic E-state index is 13.3. The number of benzene rings is 3. The first-order chi connectivity index (χ1) is 14.7. The van der Waals surface area contributed by atoms with Crippen LogP contribution in [-0.2, 0) is 6.54 Å². The van der Waals surface area contributed by atoms with Gasteiger partial charge in [-0.2, -0.15) is 0 Å². The zero-order valence-electron chi connectivity index (χ0n) is 16.2. The predicted octanol–water partition coefficient (Wildman–Crippen LogP) is 3.47. The Bertz CT molecular complexity index is 1420. The molecule has 0 atom stereocenters. The second-order valence-electron chi connectivity index (χ2n) is 6.96. The summed E-state index contributed by atoms with van der Waals surface area (Å²) in [7, 11) is 1.62. The van der Waals surface area contributed by atoms with Crippen LogP contribution in [0.1, 0.15) is 5.56 Å². The third kappa shape index (κ3) is 2.88. The van der Waals surface area contributed by atoms with Gasteiger partial charge in [-0.15, -0.1) is 10.2 Å². The monoisotopic (exact) mass is 398 g/mol. The summed E-state index contributed by atoms with van der Waals surface area (Å²) in [5, 5.41) is 18.9. The van der Waals surface area contributed by atoms with Gasteiger partial charge in [-0.25, -0.2) is 0 Å². The zero-order valence-corrected chi connectivity index (χ0v) is 16.2. The number of nitrogens with zero attached hydrogens (tertiary/aromatic N) is 4. The molecular formula is C23H18N4O3. The molecule has 0 fully saturated rings. The van der Waals surface area contributed by atoms with Gasteiger partial charge >= 0.3 is 0 Å². The Kier molecular flexibility index (Phi) is 4.21. The number of hydrogen-bond donors (Lipinski definition) is 1. The number of fused-ring (bicyclic) bond motifs is 3. The molecule has 7 heteroatoms. The van der Waals surface area contributed by atoms with Gasteiger partial charge in [0.1, 0.15) is 11.5 Å². The van der Waals surface area contributed by atoms with E-state index < -0.39 is 0 Å². The van der Waals surface area contributed by atoms with Gasteiger partial charge in [-0.05, 0) is 54.1 Å². The molecule has 0 radical (unpaired) electrons. The average molecular weight is 398 g/mol. The third-order valence-electron chi connectivity index (χ3n) is 5.13. The Balaban J connectivity index is 1.76. The van der Waals surface area contributed by atoms with Crippen molar-refractivity contribution < 1.29 is 9.84 Å². The molecular weight excluding hydrogens is 380 g/mol. The normalized spacial score (nSPS) is 11.2. The molecule has 0 bridgehead atoms. The molecule has 5 aromatic rings. The van der Waals surface area contributed by atoms with Gasteiger partial charge in [0, 0.05) is 5.56 Å². The van der Waals surface area contributed by atoms with Gasteiger partial charge in [0.05, 0.1) is 24.6 Å². The standard InChI is InChI=1S/C23H18N4O3/c1-30-18-12-6-15(7-13-18)14-26-22(29)19-4-2-3-5-20(19)27-21(24-25-23(26)27)16-8-10-17(28)11-9-16/h2-13,28H,14H2,1H3. The van der Waals surface area contributed by atoms with Crippen molar-refractivity contribution in [1.29, 1.82) is 0 Å². The van der Waals surface area contributed by atoms with Crippen LogP contribution < -0.4 is 10.3 Å². The fourth-order valence-electron chi connectivity index (χ4n) is 3.61. The van der Waals surface area contributed by atoms with Crippen molar-refractivity contribution in [2.45, 2.75) is 6.54 Å². The van der Waals surface area contributed by atoms with Crippen LogP contribution in [-0.4, -0.2) is 31.4 Å². The highest BCUT2D eigenvalue weighted by Crippen LogP contribution is 2.24. The quantitative estimate of drug-likeness (QED) is 0.501. The summed E-state index contributed by atoms with van der Waals surface area (Å²) in [6.07, 6.45) is 0. The topological polar surface area (TPSA) is 81.7 Å². The summed E-state index contributed by atoms with van der Waals surface area (Å²) in [5.74, 6) is 1.99. The van der Waals surface area contributed by atoms with Crippen molar-refractivity contribution in [3.63, 3.8) is 0 Å². The predicted molar refractivity (Wildman–Crippen MR) is 114 cm³/mol. The summed E-state index contributed by atoms with van der Waals surface area (Å²) < 4.78 is 8.73. The summed E-state index contributed by atoms with van der Waals surface area (Å²) in [5.41, 5.74) is 2.35. The number of phenolic OH excluding ortho intramolecular Hbond substituents is 1. The Morgan fingerprint density at radius 2 is 1.67 bits per heavy atom. The van der Waals surface area contributed by atoms with E-state index in [1.165, 1.54) is 0 Å². The highest BCUT2D eigenvalue weighted by atomic mass is 16.5. The first-order valence-electron chi connectivity index (χ1n) is 9.45. The molecule has 0 saturated heterocycles. The van der Waals surface area contributed by atoms with Gasteiger partial charge in [0.25, 0.3) is 5.56 Å². The zero-order chi connectivity index (χ0) is 20.7. The van der Waals surface area contributed by atoms with Gasteiger partial charge in [-0.3, -0.25) is 13.8 Å². The molecule has 0 saturated carbocycles. The number of aromatic nitrogens is 4. The molecule has 0 amide bonds. The largest absolute Gasteiger partial charge is 0.508 e. The lowest BCUT2D eigenvalue weighted by Gasteiger charge is -2.12. The Labute approximate surface area is 171 Å². The summed E-state index contributed by atoms with van der Waals surface area (Å²) in [6.45, 7) is 0.352. The number of hydrogen-bond acceptors (Lipinski definition) is 5. The minimum Gasteiger partial charge on any atom is -0.508 e. The molecule has 5 rings (SSSR count). The first-order valence-corrected chi connectivity index (χ1v) is 9.45. The Morgan fingerprint density at radius 3 is 2.40 bits per heavy atom. The van der Waals surface area contributed by atoms with Crippen LogP contribution >= 0.6 is 0 Å². The number of methoxy groups -OCH3 is 1. The van der Waals surface area contributed by atoms with E-state index in [0.717, 1.165) is 22.4 Å². The second-order valence-corrected chi connectivity index (χ2v) is 6.96. The molecule has 0 unspecified atom stereocenters. The number of aromatic hydroxyl groups is 1. The molecule has 0 spiro atoms. The SMILES string of the molecule is COc1ccc(Cn2c(=O)c3ccccc3n3c(-c4ccc(O)cc4)nnc23)cc1. The second kappa shape index (κ2) is 7.04.